The monoisotopic (exact) mass is 583 g/mol. The summed E-state index contributed by atoms with van der Waals surface area (Å²) < 4.78 is 28.0. The van der Waals surface area contributed by atoms with Gasteiger partial charge in [0.25, 0.3) is 0 Å². The topological polar surface area (TPSA) is 301 Å². The van der Waals surface area contributed by atoms with E-state index in [4.69, 9.17) is 46.6 Å². The zero-order valence-electron chi connectivity index (χ0n) is 22.7. The van der Waals surface area contributed by atoms with Gasteiger partial charge in [0.15, 0.2) is 12.6 Å². The van der Waals surface area contributed by atoms with Crippen LogP contribution in [0.2, 0.25) is 0 Å². The van der Waals surface area contributed by atoms with Crippen molar-refractivity contribution >= 4 is 6.09 Å². The molecule has 2 heterocycles. The summed E-state index contributed by atoms with van der Waals surface area (Å²) in [5, 5.41) is 64.6. The van der Waals surface area contributed by atoms with Crippen LogP contribution in [-0.2, 0) is 23.7 Å². The Morgan fingerprint density at radius 1 is 0.800 bits per heavy atom. The zero-order valence-corrected chi connectivity index (χ0v) is 22.7. The summed E-state index contributed by atoms with van der Waals surface area (Å²) >= 11 is 0. The van der Waals surface area contributed by atoms with Gasteiger partial charge in [-0.25, -0.2) is 4.79 Å². The molecule has 0 spiro atoms. The minimum atomic E-state index is -1.52. The quantitative estimate of drug-likeness (QED) is 0.133. The Hall–Kier alpha value is -1.29. The number of rotatable bonds is 7. The van der Waals surface area contributed by atoms with Crippen LogP contribution in [0.3, 0.4) is 0 Å². The Balaban J connectivity index is 1.69. The van der Waals surface area contributed by atoms with E-state index in [1.54, 1.807) is 20.8 Å². The zero-order chi connectivity index (χ0) is 30.1. The summed E-state index contributed by atoms with van der Waals surface area (Å²) in [6, 6.07) is -4.18. The molecule has 3 rings (SSSR count). The third-order valence-corrected chi connectivity index (χ3v) is 7.18. The maximum Gasteiger partial charge on any atom is 0.407 e. The minimum Gasteiger partial charge on any atom is -0.444 e. The highest BCUT2D eigenvalue weighted by Gasteiger charge is 2.51. The molecule has 0 aromatic rings. The van der Waals surface area contributed by atoms with Crippen molar-refractivity contribution < 1.29 is 59.1 Å². The van der Waals surface area contributed by atoms with E-state index >= 15 is 0 Å². The normalized spacial score (nSPS) is 46.6. The fourth-order valence-corrected chi connectivity index (χ4v) is 4.92. The number of amides is 1. The van der Waals surface area contributed by atoms with Crippen LogP contribution >= 0.6 is 0 Å². The van der Waals surface area contributed by atoms with Gasteiger partial charge in [-0.15, -0.1) is 0 Å². The number of hydrogen-bond acceptors (Lipinski definition) is 16. The molecule has 40 heavy (non-hydrogen) atoms. The molecule has 0 aromatic carbocycles. The summed E-state index contributed by atoms with van der Waals surface area (Å²) in [7, 11) is 0. The molecular weight excluding hydrogens is 538 g/mol. The molecule has 3 fully saturated rings. The lowest BCUT2D eigenvalue weighted by molar-refractivity contribution is -0.319. The molecule has 1 amide bonds. The average molecular weight is 584 g/mol. The predicted octanol–water partition coefficient (Wildman–Crippen LogP) is -5.76. The smallest absolute Gasteiger partial charge is 0.407 e. The maximum atomic E-state index is 12.0. The number of aliphatic hydroxyl groups excluding tert-OH is 6. The van der Waals surface area contributed by atoms with Crippen LogP contribution in [0.4, 0.5) is 4.79 Å². The molecule has 17 nitrogen and oxygen atoms in total. The van der Waals surface area contributed by atoms with E-state index in [1.165, 1.54) is 0 Å². The van der Waals surface area contributed by atoms with Crippen molar-refractivity contribution in [3.05, 3.63) is 0 Å². The first-order chi connectivity index (χ1) is 18.5. The Morgan fingerprint density at radius 3 is 1.90 bits per heavy atom. The highest BCUT2D eigenvalue weighted by molar-refractivity contribution is 5.67. The van der Waals surface area contributed by atoms with E-state index in [2.05, 4.69) is 5.32 Å². The number of alkyl carbamates (subject to hydrolysis) is 1. The highest BCUT2D eigenvalue weighted by Crippen LogP contribution is 2.31. The van der Waals surface area contributed by atoms with Crippen molar-refractivity contribution in [2.24, 2.45) is 22.9 Å². The van der Waals surface area contributed by atoms with Gasteiger partial charge >= 0.3 is 6.09 Å². The third-order valence-electron chi connectivity index (χ3n) is 7.18. The molecule has 2 aliphatic heterocycles. The molecule has 15 atom stereocenters. The molecule has 0 aromatic heterocycles. The summed E-state index contributed by atoms with van der Waals surface area (Å²) in [6.45, 7) is 4.17. The summed E-state index contributed by atoms with van der Waals surface area (Å²) in [5.74, 6) is 0. The second kappa shape index (κ2) is 13.3. The largest absolute Gasteiger partial charge is 0.444 e. The predicted molar refractivity (Wildman–Crippen MR) is 135 cm³/mol. The van der Waals surface area contributed by atoms with Crippen molar-refractivity contribution in [2.45, 2.75) is 124 Å². The van der Waals surface area contributed by atoms with Crippen LogP contribution in [0, 0.1) is 0 Å². The van der Waals surface area contributed by atoms with Gasteiger partial charge in [-0.1, -0.05) is 0 Å². The highest BCUT2D eigenvalue weighted by atomic mass is 16.7. The van der Waals surface area contributed by atoms with Crippen LogP contribution in [0.5, 0.6) is 0 Å². The lowest BCUT2D eigenvalue weighted by Crippen LogP contribution is -2.69. The molecule has 17 heteroatoms. The Labute approximate surface area is 231 Å². The number of hydrogen-bond donors (Lipinski definition) is 11. The molecule has 0 radical (unpaired) electrons. The summed E-state index contributed by atoms with van der Waals surface area (Å²) in [6.07, 6.45) is -15.7. The van der Waals surface area contributed by atoms with E-state index in [9.17, 15) is 35.4 Å². The van der Waals surface area contributed by atoms with Gasteiger partial charge in [0.1, 0.15) is 60.5 Å². The molecular formula is C23H45N5O12. The molecule has 2 saturated heterocycles. The molecule has 1 aliphatic carbocycles. The number of carbonyl (C=O) groups is 1. The second-order valence-corrected chi connectivity index (χ2v) is 11.5. The van der Waals surface area contributed by atoms with Crippen LogP contribution in [-0.4, -0.2) is 147 Å². The third kappa shape index (κ3) is 7.56. The first-order valence-electron chi connectivity index (χ1n) is 13.2. The Morgan fingerprint density at radius 2 is 1.35 bits per heavy atom. The molecule has 0 bridgehead atoms. The van der Waals surface area contributed by atoms with Crippen LogP contribution < -0.4 is 28.3 Å². The fraction of sp³-hybridized carbons (Fsp3) is 0.957. The van der Waals surface area contributed by atoms with Crippen molar-refractivity contribution in [2.75, 3.05) is 13.2 Å². The van der Waals surface area contributed by atoms with Crippen molar-refractivity contribution in [3.63, 3.8) is 0 Å². The number of aliphatic hydroxyl groups is 6. The number of nitrogens with one attached hydrogen (secondary N) is 1. The van der Waals surface area contributed by atoms with Gasteiger partial charge in [0.2, 0.25) is 0 Å². The first kappa shape index (κ1) is 33.2. The Kier molecular flexibility index (Phi) is 11.1. The van der Waals surface area contributed by atoms with Crippen molar-refractivity contribution in [3.8, 4) is 0 Å². The minimum absolute atomic E-state index is 0.0735. The van der Waals surface area contributed by atoms with E-state index < -0.39 is 110 Å². The number of nitrogens with two attached hydrogens (primary N) is 4. The first-order valence-corrected chi connectivity index (χ1v) is 13.2. The van der Waals surface area contributed by atoms with Gasteiger partial charge in [-0.2, -0.15) is 0 Å². The van der Waals surface area contributed by atoms with Gasteiger partial charge in [0, 0.05) is 18.6 Å². The molecule has 1 saturated carbocycles. The van der Waals surface area contributed by atoms with E-state index in [0.717, 1.165) is 0 Å². The van der Waals surface area contributed by atoms with Crippen LogP contribution in [0.1, 0.15) is 27.2 Å². The lowest BCUT2D eigenvalue weighted by atomic mass is 9.84. The van der Waals surface area contributed by atoms with E-state index in [1.807, 2.05) is 0 Å². The van der Waals surface area contributed by atoms with Crippen molar-refractivity contribution in [1.82, 2.24) is 5.32 Å². The van der Waals surface area contributed by atoms with Gasteiger partial charge in [-0.3, -0.25) is 0 Å². The number of carbonyl (C=O) groups excluding carboxylic acids is 1. The summed E-state index contributed by atoms with van der Waals surface area (Å²) in [5.41, 5.74) is 23.5. The van der Waals surface area contributed by atoms with Crippen LogP contribution in [0.15, 0.2) is 0 Å². The van der Waals surface area contributed by atoms with Gasteiger partial charge in [0.05, 0.1) is 18.7 Å². The Bertz CT molecular complexity index is 837. The van der Waals surface area contributed by atoms with Gasteiger partial charge in [-0.05, 0) is 27.2 Å². The van der Waals surface area contributed by atoms with Gasteiger partial charge < -0.3 is 82.6 Å². The molecule has 0 unspecified atom stereocenters. The lowest BCUT2D eigenvalue weighted by Gasteiger charge is -2.48. The number of ether oxygens (including phenoxy) is 5. The second-order valence-electron chi connectivity index (χ2n) is 11.5. The van der Waals surface area contributed by atoms with E-state index in [-0.39, 0.29) is 13.0 Å². The maximum absolute atomic E-state index is 12.0. The molecule has 234 valence electrons. The fourth-order valence-electron chi connectivity index (χ4n) is 4.92. The standard InChI is InChI=1S/C23H45N5O12/c1-23(2,3)40-22(35)28-5-9-14(31)15(32)12(27)20(36-9)38-18-7(24)4-8(25)19(17(18)34)39-21-16(33)11(26)13(30)10(6-29)37-21/h7-21,29-34H,4-6,24-27H2,1-3H3,(H,28,35)/t7-,8+,9+,10+,11-,12+,13+,14+,15+,16+,17-,18+,19-,20+,21+/m0/s1. The van der Waals surface area contributed by atoms with Crippen LogP contribution in [0.25, 0.3) is 0 Å². The average Bonchev–Trinajstić information content (AvgIpc) is 2.86. The summed E-state index contributed by atoms with van der Waals surface area (Å²) in [4.78, 5) is 12.0. The van der Waals surface area contributed by atoms with Crippen molar-refractivity contribution in [1.29, 1.82) is 0 Å². The molecule has 3 aliphatic rings. The molecule has 15 N–H and O–H groups in total. The SMILES string of the molecule is CC(C)(C)OC(=O)NC[C@H]1O[C@H](O[C@H]2[C@H](O)[C@@H](O[C@H]3O[C@H](CO)[C@@H](O)[C@H](N)[C@H]3O)[C@H](N)C[C@@H]2N)[C@H](N)[C@@H](O)[C@@H]1O. The van der Waals surface area contributed by atoms with E-state index in [0.29, 0.717) is 0 Å².